The third-order valence-corrected chi connectivity index (χ3v) is 6.66. The third-order valence-electron chi connectivity index (χ3n) is 4.65. The number of carbonyl (C=O) groups is 1. The van der Waals surface area contributed by atoms with Crippen LogP contribution in [0.25, 0.3) is 0 Å². The molecule has 0 spiro atoms. The first-order valence-electron chi connectivity index (χ1n) is 9.66. The van der Waals surface area contributed by atoms with Gasteiger partial charge in [0.05, 0.1) is 4.90 Å². The highest BCUT2D eigenvalue weighted by molar-refractivity contribution is 9.10. The maximum atomic E-state index is 12.2. The number of hydrogen-bond acceptors (Lipinski definition) is 4. The van der Waals surface area contributed by atoms with Crippen molar-refractivity contribution < 1.29 is 13.2 Å². The van der Waals surface area contributed by atoms with Gasteiger partial charge >= 0.3 is 0 Å². The summed E-state index contributed by atoms with van der Waals surface area (Å²) in [7, 11) is -3.62. The fourth-order valence-electron chi connectivity index (χ4n) is 2.85. The Kier molecular flexibility index (Phi) is 9.29. The van der Waals surface area contributed by atoms with Crippen LogP contribution in [0.5, 0.6) is 0 Å². The molecule has 0 saturated heterocycles. The van der Waals surface area contributed by atoms with Crippen LogP contribution in [0.15, 0.2) is 57.9 Å². The van der Waals surface area contributed by atoms with Crippen LogP contribution < -0.4 is 10.0 Å². The summed E-state index contributed by atoms with van der Waals surface area (Å²) in [6.45, 7) is 7.50. The zero-order valence-corrected chi connectivity index (χ0v) is 19.2. The number of nitrogens with zero attached hydrogens (tertiary/aromatic N) is 1. The van der Waals surface area contributed by atoms with Gasteiger partial charge in [0.1, 0.15) is 0 Å². The minimum Gasteiger partial charge on any atom is -0.352 e. The van der Waals surface area contributed by atoms with E-state index in [1.54, 1.807) is 12.1 Å². The monoisotopic (exact) mass is 481 g/mol. The molecule has 1 amide bonds. The van der Waals surface area contributed by atoms with E-state index in [0.717, 1.165) is 29.7 Å². The van der Waals surface area contributed by atoms with Crippen LogP contribution in [0.2, 0.25) is 0 Å². The lowest BCUT2D eigenvalue weighted by Gasteiger charge is -2.20. The van der Waals surface area contributed by atoms with Crippen LogP contribution in [-0.2, 0) is 27.9 Å². The van der Waals surface area contributed by atoms with E-state index in [9.17, 15) is 13.2 Å². The molecule has 0 heterocycles. The summed E-state index contributed by atoms with van der Waals surface area (Å²) in [4.78, 5) is 14.7. The number of nitrogens with one attached hydrogen (secondary N) is 2. The van der Waals surface area contributed by atoms with Gasteiger partial charge in [-0.1, -0.05) is 54.0 Å². The average molecular weight is 482 g/mol. The highest BCUT2D eigenvalue weighted by Gasteiger charge is 2.14. The Morgan fingerprint density at radius 1 is 1.00 bits per heavy atom. The van der Waals surface area contributed by atoms with E-state index >= 15 is 0 Å². The summed E-state index contributed by atoms with van der Waals surface area (Å²) in [5, 5.41) is 2.88. The highest BCUT2D eigenvalue weighted by atomic mass is 79.9. The van der Waals surface area contributed by atoms with Gasteiger partial charge in [0.15, 0.2) is 0 Å². The van der Waals surface area contributed by atoms with Crippen molar-refractivity contribution in [1.29, 1.82) is 0 Å². The second-order valence-corrected chi connectivity index (χ2v) is 9.29. The van der Waals surface area contributed by atoms with Gasteiger partial charge in [-0.3, -0.25) is 9.69 Å². The lowest BCUT2D eigenvalue weighted by Crippen LogP contribution is -2.31. The molecule has 2 rings (SSSR count). The Balaban J connectivity index is 1.84. The molecular formula is C21H28BrN3O3S. The molecule has 29 heavy (non-hydrogen) atoms. The number of amides is 1. The van der Waals surface area contributed by atoms with Crippen molar-refractivity contribution in [3.8, 4) is 0 Å². The lowest BCUT2D eigenvalue weighted by molar-refractivity contribution is -0.121. The summed E-state index contributed by atoms with van der Waals surface area (Å²) >= 11 is 3.28. The van der Waals surface area contributed by atoms with E-state index < -0.39 is 10.0 Å². The first-order chi connectivity index (χ1) is 13.9. The minimum atomic E-state index is -3.62. The second kappa shape index (κ2) is 11.4. The van der Waals surface area contributed by atoms with E-state index in [-0.39, 0.29) is 23.8 Å². The molecule has 8 heteroatoms. The SMILES string of the molecule is CCN(CC)Cc1ccccc1CNC(=O)CCNS(=O)(=O)c1ccc(Br)cc1. The van der Waals surface area contributed by atoms with Gasteiger partial charge in [-0.2, -0.15) is 0 Å². The Morgan fingerprint density at radius 2 is 1.62 bits per heavy atom. The van der Waals surface area contributed by atoms with Crippen molar-refractivity contribution >= 4 is 31.9 Å². The fraction of sp³-hybridized carbons (Fsp3) is 0.381. The zero-order valence-electron chi connectivity index (χ0n) is 16.8. The first kappa shape index (κ1) is 23.5. The molecule has 2 N–H and O–H groups in total. The molecule has 0 radical (unpaired) electrons. The molecule has 0 aromatic heterocycles. The van der Waals surface area contributed by atoms with Gasteiger partial charge in [-0.05, 0) is 48.5 Å². The topological polar surface area (TPSA) is 78.5 Å². The molecule has 0 aliphatic heterocycles. The molecule has 0 atom stereocenters. The summed E-state index contributed by atoms with van der Waals surface area (Å²) < 4.78 is 27.8. The van der Waals surface area contributed by atoms with Gasteiger partial charge < -0.3 is 5.32 Å². The zero-order chi connectivity index (χ0) is 21.3. The summed E-state index contributed by atoms with van der Waals surface area (Å²) in [6.07, 6.45) is 0.0774. The van der Waals surface area contributed by atoms with Crippen molar-refractivity contribution in [2.45, 2.75) is 38.3 Å². The Labute approximate surface area is 181 Å². The maximum Gasteiger partial charge on any atom is 0.240 e. The van der Waals surface area contributed by atoms with E-state index in [4.69, 9.17) is 0 Å². The quantitative estimate of drug-likeness (QED) is 0.516. The highest BCUT2D eigenvalue weighted by Crippen LogP contribution is 2.14. The molecule has 0 unspecified atom stereocenters. The number of halogens is 1. The van der Waals surface area contributed by atoms with Gasteiger partial charge in [0.25, 0.3) is 0 Å². The standard InChI is InChI=1S/C21H28BrN3O3S/c1-3-25(4-2)16-18-8-6-5-7-17(18)15-23-21(26)13-14-24-29(27,28)20-11-9-19(22)10-12-20/h5-12,24H,3-4,13-16H2,1-2H3,(H,23,26). The van der Waals surface area contributed by atoms with Gasteiger partial charge in [0, 0.05) is 30.5 Å². The molecule has 0 aliphatic carbocycles. The van der Waals surface area contributed by atoms with Crippen LogP contribution in [0.3, 0.4) is 0 Å². The third kappa shape index (κ3) is 7.54. The average Bonchev–Trinajstić information content (AvgIpc) is 2.71. The predicted molar refractivity (Wildman–Crippen MR) is 119 cm³/mol. The van der Waals surface area contributed by atoms with Crippen molar-refractivity contribution in [3.63, 3.8) is 0 Å². The van der Waals surface area contributed by atoms with E-state index in [0.29, 0.717) is 6.54 Å². The van der Waals surface area contributed by atoms with Crippen LogP contribution in [0.1, 0.15) is 31.4 Å². The number of benzene rings is 2. The second-order valence-electron chi connectivity index (χ2n) is 6.61. The van der Waals surface area contributed by atoms with Crippen LogP contribution >= 0.6 is 15.9 Å². The summed E-state index contributed by atoms with van der Waals surface area (Å²) in [5.74, 6) is -0.193. The fourth-order valence-corrected chi connectivity index (χ4v) is 4.15. The Morgan fingerprint density at radius 3 is 2.24 bits per heavy atom. The van der Waals surface area contributed by atoms with Crippen molar-refractivity contribution in [3.05, 3.63) is 64.1 Å². The molecule has 0 bridgehead atoms. The van der Waals surface area contributed by atoms with Crippen LogP contribution in [0, 0.1) is 0 Å². The van der Waals surface area contributed by atoms with Gasteiger partial charge in [-0.25, -0.2) is 13.1 Å². The van der Waals surface area contributed by atoms with Crippen molar-refractivity contribution in [1.82, 2.24) is 14.9 Å². The smallest absolute Gasteiger partial charge is 0.240 e. The number of rotatable bonds is 11. The molecule has 0 saturated carbocycles. The van der Waals surface area contributed by atoms with Crippen LogP contribution in [-0.4, -0.2) is 38.9 Å². The Hall–Kier alpha value is -1.74. The number of carbonyl (C=O) groups excluding carboxylic acids is 1. The molecule has 0 aliphatic rings. The number of sulfonamides is 1. The normalized spacial score (nSPS) is 11.6. The molecule has 6 nitrogen and oxygen atoms in total. The summed E-state index contributed by atoms with van der Waals surface area (Å²) in [5.41, 5.74) is 2.26. The molecular weight excluding hydrogens is 454 g/mol. The summed E-state index contributed by atoms with van der Waals surface area (Å²) in [6, 6.07) is 14.4. The Bertz CT molecular complexity index is 898. The van der Waals surface area contributed by atoms with E-state index in [2.05, 4.69) is 50.8 Å². The number of hydrogen-bond donors (Lipinski definition) is 2. The maximum absolute atomic E-state index is 12.2. The lowest BCUT2D eigenvalue weighted by atomic mass is 10.1. The molecule has 2 aromatic carbocycles. The van der Waals surface area contributed by atoms with Gasteiger partial charge in [0.2, 0.25) is 15.9 Å². The van der Waals surface area contributed by atoms with Gasteiger partial charge in [-0.15, -0.1) is 0 Å². The minimum absolute atomic E-state index is 0.0469. The molecule has 2 aromatic rings. The largest absolute Gasteiger partial charge is 0.352 e. The van der Waals surface area contributed by atoms with Crippen molar-refractivity contribution in [2.24, 2.45) is 0 Å². The van der Waals surface area contributed by atoms with Crippen molar-refractivity contribution in [2.75, 3.05) is 19.6 Å². The van der Waals surface area contributed by atoms with E-state index in [1.165, 1.54) is 17.7 Å². The molecule has 158 valence electrons. The van der Waals surface area contributed by atoms with E-state index in [1.807, 2.05) is 18.2 Å². The molecule has 0 fully saturated rings. The van der Waals surface area contributed by atoms with Crippen LogP contribution in [0.4, 0.5) is 0 Å². The first-order valence-corrected chi connectivity index (χ1v) is 11.9. The predicted octanol–water partition coefficient (Wildman–Crippen LogP) is 3.28.